The number of hydrogen-bond donors (Lipinski definition) is 3. The second kappa shape index (κ2) is 7.41. The lowest BCUT2D eigenvalue weighted by molar-refractivity contribution is 0.0872. The predicted octanol–water partition coefficient (Wildman–Crippen LogP) is 1.47. The van der Waals surface area contributed by atoms with Gasteiger partial charge in [0.2, 0.25) is 0 Å². The van der Waals surface area contributed by atoms with E-state index in [2.05, 4.69) is 5.32 Å². The highest BCUT2D eigenvalue weighted by Crippen LogP contribution is 2.24. The Kier molecular flexibility index (Phi) is 5.56. The van der Waals surface area contributed by atoms with Crippen molar-refractivity contribution in [2.45, 2.75) is 38.1 Å². The summed E-state index contributed by atoms with van der Waals surface area (Å²) in [5.41, 5.74) is 7.33. The van der Waals surface area contributed by atoms with Crippen LogP contribution < -0.4 is 11.1 Å². The van der Waals surface area contributed by atoms with Gasteiger partial charge in [-0.1, -0.05) is 25.0 Å². The van der Waals surface area contributed by atoms with Crippen LogP contribution in [0.5, 0.6) is 0 Å². The van der Waals surface area contributed by atoms with Gasteiger partial charge in [-0.2, -0.15) is 0 Å². The first kappa shape index (κ1) is 15.0. The van der Waals surface area contributed by atoms with Gasteiger partial charge in [-0.25, -0.2) is 0 Å². The molecule has 1 saturated carbocycles. The number of nitrogens with two attached hydrogens (primary N) is 1. The summed E-state index contributed by atoms with van der Waals surface area (Å²) in [6, 6.07) is 7.69. The Morgan fingerprint density at radius 3 is 2.60 bits per heavy atom. The molecular formula is C16H24N2O2. The number of carbonyl (C=O) groups excluding carboxylic acids is 1. The Morgan fingerprint density at radius 1 is 1.25 bits per heavy atom. The Morgan fingerprint density at radius 2 is 1.95 bits per heavy atom. The molecule has 0 aromatic heterocycles. The standard InChI is InChI=1S/C16H24N2O2/c17-10-9-12-5-7-13(8-6-12)16(20)18-15-4-2-1-3-14(15)11-19/h5-8,14-15,19H,1-4,9-11,17H2,(H,18,20). The number of hydrogen-bond acceptors (Lipinski definition) is 3. The lowest BCUT2D eigenvalue weighted by atomic mass is 9.85. The third-order valence-electron chi connectivity index (χ3n) is 4.11. The molecule has 0 radical (unpaired) electrons. The van der Waals surface area contributed by atoms with E-state index in [4.69, 9.17) is 5.73 Å². The number of nitrogens with one attached hydrogen (secondary N) is 1. The fourth-order valence-electron chi connectivity index (χ4n) is 2.86. The van der Waals surface area contributed by atoms with E-state index in [0.29, 0.717) is 12.1 Å². The molecule has 0 saturated heterocycles. The van der Waals surface area contributed by atoms with Crippen LogP contribution in [0.2, 0.25) is 0 Å². The van der Waals surface area contributed by atoms with Gasteiger partial charge in [0.1, 0.15) is 0 Å². The first-order valence-electron chi connectivity index (χ1n) is 7.45. The van der Waals surface area contributed by atoms with Crippen molar-refractivity contribution >= 4 is 5.91 Å². The van der Waals surface area contributed by atoms with Crippen LogP contribution in [0.1, 0.15) is 41.6 Å². The van der Waals surface area contributed by atoms with Crippen molar-refractivity contribution in [3.05, 3.63) is 35.4 Å². The van der Waals surface area contributed by atoms with Crippen molar-refractivity contribution in [3.8, 4) is 0 Å². The molecule has 1 aromatic rings. The van der Waals surface area contributed by atoms with E-state index >= 15 is 0 Å². The average molecular weight is 276 g/mol. The lowest BCUT2D eigenvalue weighted by Crippen LogP contribution is -2.43. The van der Waals surface area contributed by atoms with Crippen LogP contribution >= 0.6 is 0 Å². The molecule has 0 spiro atoms. The predicted molar refractivity (Wildman–Crippen MR) is 79.5 cm³/mol. The van der Waals surface area contributed by atoms with E-state index in [1.165, 1.54) is 0 Å². The van der Waals surface area contributed by atoms with Crippen molar-refractivity contribution in [2.24, 2.45) is 11.7 Å². The van der Waals surface area contributed by atoms with Crippen LogP contribution in [0.3, 0.4) is 0 Å². The molecule has 1 aliphatic rings. The maximum atomic E-state index is 12.2. The SMILES string of the molecule is NCCc1ccc(C(=O)NC2CCCCC2CO)cc1. The zero-order chi connectivity index (χ0) is 14.4. The van der Waals surface area contributed by atoms with Gasteiger partial charge in [-0.05, 0) is 43.5 Å². The molecule has 1 aliphatic carbocycles. The van der Waals surface area contributed by atoms with Gasteiger partial charge in [-0.3, -0.25) is 4.79 Å². The second-order valence-corrected chi connectivity index (χ2v) is 5.54. The Hall–Kier alpha value is -1.39. The molecule has 4 nitrogen and oxygen atoms in total. The zero-order valence-electron chi connectivity index (χ0n) is 11.8. The molecule has 2 unspecified atom stereocenters. The van der Waals surface area contributed by atoms with Gasteiger partial charge in [-0.15, -0.1) is 0 Å². The molecule has 4 N–H and O–H groups in total. The van der Waals surface area contributed by atoms with Crippen molar-refractivity contribution in [3.63, 3.8) is 0 Å². The van der Waals surface area contributed by atoms with Crippen molar-refractivity contribution in [2.75, 3.05) is 13.2 Å². The molecule has 0 aliphatic heterocycles. The number of rotatable bonds is 5. The van der Waals surface area contributed by atoms with E-state index in [1.54, 1.807) is 0 Å². The van der Waals surface area contributed by atoms with Crippen LogP contribution in [-0.4, -0.2) is 30.2 Å². The average Bonchev–Trinajstić information content (AvgIpc) is 2.49. The summed E-state index contributed by atoms with van der Waals surface area (Å²) in [5, 5.41) is 12.4. The molecule has 2 rings (SSSR count). The molecule has 1 amide bonds. The third-order valence-corrected chi connectivity index (χ3v) is 4.11. The summed E-state index contributed by atoms with van der Waals surface area (Å²) >= 11 is 0. The van der Waals surface area contributed by atoms with Crippen LogP contribution in [0, 0.1) is 5.92 Å². The van der Waals surface area contributed by atoms with Crippen LogP contribution in [-0.2, 0) is 6.42 Å². The Balaban J connectivity index is 1.96. The quantitative estimate of drug-likeness (QED) is 0.762. The number of carbonyl (C=O) groups is 1. The molecule has 0 bridgehead atoms. The third kappa shape index (κ3) is 3.81. The largest absolute Gasteiger partial charge is 0.396 e. The highest BCUT2D eigenvalue weighted by atomic mass is 16.3. The summed E-state index contributed by atoms with van der Waals surface area (Å²) in [5.74, 6) is 0.152. The van der Waals surface area contributed by atoms with Gasteiger partial charge in [0.15, 0.2) is 0 Å². The van der Waals surface area contributed by atoms with E-state index in [-0.39, 0.29) is 24.5 Å². The lowest BCUT2D eigenvalue weighted by Gasteiger charge is -2.30. The van der Waals surface area contributed by atoms with E-state index in [0.717, 1.165) is 37.7 Å². The molecule has 2 atom stereocenters. The fourth-order valence-corrected chi connectivity index (χ4v) is 2.86. The fraction of sp³-hybridized carbons (Fsp3) is 0.562. The molecule has 4 heteroatoms. The highest BCUT2D eigenvalue weighted by molar-refractivity contribution is 5.94. The number of aliphatic hydroxyl groups excluding tert-OH is 1. The number of amides is 1. The van der Waals surface area contributed by atoms with Crippen molar-refractivity contribution in [1.82, 2.24) is 5.32 Å². The van der Waals surface area contributed by atoms with Gasteiger partial charge in [0, 0.05) is 24.1 Å². The minimum Gasteiger partial charge on any atom is -0.396 e. The smallest absolute Gasteiger partial charge is 0.251 e. The maximum Gasteiger partial charge on any atom is 0.251 e. The van der Waals surface area contributed by atoms with Gasteiger partial charge >= 0.3 is 0 Å². The van der Waals surface area contributed by atoms with Crippen molar-refractivity contribution < 1.29 is 9.90 Å². The summed E-state index contributed by atoms with van der Waals surface area (Å²) in [7, 11) is 0. The summed E-state index contributed by atoms with van der Waals surface area (Å²) in [6.45, 7) is 0.770. The van der Waals surface area contributed by atoms with Gasteiger partial charge in [0.25, 0.3) is 5.91 Å². The summed E-state index contributed by atoms with van der Waals surface area (Å²) in [6.07, 6.45) is 5.05. The summed E-state index contributed by atoms with van der Waals surface area (Å²) < 4.78 is 0. The highest BCUT2D eigenvalue weighted by Gasteiger charge is 2.26. The maximum absolute atomic E-state index is 12.2. The normalized spacial score (nSPS) is 22.5. The van der Waals surface area contributed by atoms with Crippen LogP contribution in [0.4, 0.5) is 0 Å². The molecule has 1 fully saturated rings. The van der Waals surface area contributed by atoms with Gasteiger partial charge < -0.3 is 16.2 Å². The zero-order valence-corrected chi connectivity index (χ0v) is 11.8. The minimum absolute atomic E-state index is 0.0466. The monoisotopic (exact) mass is 276 g/mol. The molecule has 20 heavy (non-hydrogen) atoms. The molecular weight excluding hydrogens is 252 g/mol. The number of aliphatic hydroxyl groups is 1. The first-order chi connectivity index (χ1) is 9.74. The summed E-state index contributed by atoms with van der Waals surface area (Å²) in [4.78, 5) is 12.2. The molecule has 1 aromatic carbocycles. The molecule has 110 valence electrons. The minimum atomic E-state index is -0.0466. The van der Waals surface area contributed by atoms with Crippen LogP contribution in [0.25, 0.3) is 0 Å². The van der Waals surface area contributed by atoms with E-state index < -0.39 is 0 Å². The Bertz CT molecular complexity index is 431. The second-order valence-electron chi connectivity index (χ2n) is 5.54. The van der Waals surface area contributed by atoms with Crippen molar-refractivity contribution in [1.29, 1.82) is 0 Å². The van der Waals surface area contributed by atoms with E-state index in [1.807, 2.05) is 24.3 Å². The van der Waals surface area contributed by atoms with Gasteiger partial charge in [0.05, 0.1) is 0 Å². The van der Waals surface area contributed by atoms with Crippen LogP contribution in [0.15, 0.2) is 24.3 Å². The first-order valence-corrected chi connectivity index (χ1v) is 7.45. The number of benzene rings is 1. The van der Waals surface area contributed by atoms with E-state index in [9.17, 15) is 9.90 Å². The Labute approximate surface area is 120 Å². The molecule has 0 heterocycles. The topological polar surface area (TPSA) is 75.4 Å².